The number of carbonyl (C=O) groups excluding carboxylic acids is 2. The Morgan fingerprint density at radius 2 is 1.74 bits per heavy atom. The molecule has 3 aliphatic rings. The summed E-state index contributed by atoms with van der Waals surface area (Å²) in [5.41, 5.74) is 10.9. The second-order valence-electron chi connectivity index (χ2n) is 10.0. The van der Waals surface area contributed by atoms with Crippen molar-refractivity contribution in [1.82, 2.24) is 4.90 Å². The second kappa shape index (κ2) is 10.3. The van der Waals surface area contributed by atoms with Crippen molar-refractivity contribution >= 4 is 23.3 Å². The van der Waals surface area contributed by atoms with Gasteiger partial charge in [-0.05, 0) is 61.9 Å². The molecule has 2 N–H and O–H groups in total. The highest BCUT2D eigenvalue weighted by molar-refractivity contribution is 6.12. The van der Waals surface area contributed by atoms with Crippen LogP contribution in [0.4, 0.5) is 5.69 Å². The first kappa shape index (κ1) is 23.7. The zero-order valence-corrected chi connectivity index (χ0v) is 20.4. The molecule has 2 heterocycles. The van der Waals surface area contributed by atoms with E-state index in [1.165, 1.54) is 11.1 Å². The molecule has 7 nitrogen and oxygen atoms in total. The molecular formula is C28H34N4O3. The number of fused-ring (bicyclic) bond motifs is 1. The summed E-state index contributed by atoms with van der Waals surface area (Å²) < 4.78 is 5.50. The van der Waals surface area contributed by atoms with Gasteiger partial charge >= 0.3 is 0 Å². The molecular weight excluding hydrogens is 440 g/mol. The van der Waals surface area contributed by atoms with Gasteiger partial charge in [-0.3, -0.25) is 14.5 Å². The van der Waals surface area contributed by atoms with Crippen LogP contribution >= 0.6 is 0 Å². The third kappa shape index (κ3) is 5.31. The lowest BCUT2D eigenvalue weighted by atomic mass is 9.85. The monoisotopic (exact) mass is 474 g/mol. The zero-order valence-electron chi connectivity index (χ0n) is 20.4. The summed E-state index contributed by atoms with van der Waals surface area (Å²) in [4.78, 5) is 34.1. The van der Waals surface area contributed by atoms with Crippen molar-refractivity contribution in [3.63, 3.8) is 0 Å². The number of benzene rings is 2. The number of nitrogens with zero attached hydrogens (tertiary/aromatic N) is 3. The molecule has 0 radical (unpaired) electrons. The van der Waals surface area contributed by atoms with E-state index in [4.69, 9.17) is 10.5 Å². The highest BCUT2D eigenvalue weighted by Gasteiger charge is 2.36. The molecule has 5 rings (SSSR count). The molecule has 0 aromatic heterocycles. The maximum absolute atomic E-state index is 13.1. The van der Waals surface area contributed by atoms with Gasteiger partial charge in [0, 0.05) is 49.3 Å². The summed E-state index contributed by atoms with van der Waals surface area (Å²) in [7, 11) is 0. The fourth-order valence-corrected chi connectivity index (χ4v) is 5.49. The molecule has 2 fully saturated rings. The van der Waals surface area contributed by atoms with Gasteiger partial charge in [0.05, 0.1) is 13.2 Å². The molecule has 0 spiro atoms. The Hall–Kier alpha value is -3.03. The minimum absolute atomic E-state index is 0.0597. The van der Waals surface area contributed by atoms with Crippen LogP contribution in [0.25, 0.3) is 0 Å². The van der Waals surface area contributed by atoms with E-state index in [2.05, 4.69) is 33.0 Å². The van der Waals surface area contributed by atoms with Crippen LogP contribution in [0.2, 0.25) is 0 Å². The van der Waals surface area contributed by atoms with Gasteiger partial charge in [0.25, 0.3) is 5.91 Å². The Balaban J connectivity index is 1.43. The number of anilines is 1. The first-order valence-electron chi connectivity index (χ1n) is 12.7. The zero-order chi connectivity index (χ0) is 24.4. The van der Waals surface area contributed by atoms with Crippen molar-refractivity contribution < 1.29 is 14.3 Å². The topological polar surface area (TPSA) is 88.2 Å². The number of rotatable bonds is 5. The summed E-state index contributed by atoms with van der Waals surface area (Å²) >= 11 is 0. The Labute approximate surface area is 207 Å². The summed E-state index contributed by atoms with van der Waals surface area (Å²) in [5, 5.41) is 0. The number of aliphatic imine (C=N–C) groups is 1. The lowest BCUT2D eigenvalue weighted by molar-refractivity contribution is -0.122. The van der Waals surface area contributed by atoms with Gasteiger partial charge in [-0.2, -0.15) is 4.99 Å². The van der Waals surface area contributed by atoms with E-state index in [1.807, 2.05) is 31.2 Å². The van der Waals surface area contributed by atoms with Crippen molar-refractivity contribution in [1.29, 1.82) is 0 Å². The van der Waals surface area contributed by atoms with Crippen molar-refractivity contribution in [2.75, 3.05) is 31.2 Å². The van der Waals surface area contributed by atoms with Crippen molar-refractivity contribution in [2.45, 2.75) is 51.6 Å². The molecule has 2 aliphatic heterocycles. The van der Waals surface area contributed by atoms with Crippen LogP contribution in [0.1, 0.15) is 52.7 Å². The number of morpholine rings is 1. The van der Waals surface area contributed by atoms with Gasteiger partial charge in [-0.1, -0.05) is 29.8 Å². The molecule has 7 heteroatoms. The van der Waals surface area contributed by atoms with E-state index in [0.29, 0.717) is 12.0 Å². The summed E-state index contributed by atoms with van der Waals surface area (Å²) in [6.45, 7) is 6.32. The Morgan fingerprint density at radius 3 is 2.43 bits per heavy atom. The molecule has 1 saturated carbocycles. The van der Waals surface area contributed by atoms with Crippen LogP contribution in [0.5, 0.6) is 0 Å². The highest BCUT2D eigenvalue weighted by atomic mass is 16.5. The molecule has 2 aromatic rings. The first-order valence-corrected chi connectivity index (χ1v) is 12.7. The summed E-state index contributed by atoms with van der Waals surface area (Å²) in [6.07, 6.45) is 3.91. The van der Waals surface area contributed by atoms with E-state index in [0.717, 1.165) is 75.6 Å². The Bertz CT molecular complexity index is 1110. The fourth-order valence-electron chi connectivity index (χ4n) is 5.49. The van der Waals surface area contributed by atoms with Crippen LogP contribution in [0.3, 0.4) is 0 Å². The Morgan fingerprint density at radius 1 is 1.03 bits per heavy atom. The highest BCUT2D eigenvalue weighted by Crippen LogP contribution is 2.38. The number of primary amides is 1. The van der Waals surface area contributed by atoms with E-state index in [-0.39, 0.29) is 23.8 Å². The number of hydrogen-bond donors (Lipinski definition) is 1. The van der Waals surface area contributed by atoms with Crippen LogP contribution in [-0.2, 0) is 22.5 Å². The van der Waals surface area contributed by atoms with Crippen LogP contribution in [0, 0.1) is 12.8 Å². The van der Waals surface area contributed by atoms with Gasteiger partial charge in [-0.25, -0.2) is 0 Å². The number of amidine groups is 1. The number of amides is 2. The lowest BCUT2D eigenvalue weighted by Gasteiger charge is -2.36. The van der Waals surface area contributed by atoms with E-state index < -0.39 is 0 Å². The molecule has 0 unspecified atom stereocenters. The average molecular weight is 475 g/mol. The molecule has 184 valence electrons. The molecule has 1 saturated heterocycles. The Kier molecular flexibility index (Phi) is 6.97. The minimum atomic E-state index is -0.211. The van der Waals surface area contributed by atoms with Crippen molar-refractivity contribution in [2.24, 2.45) is 16.6 Å². The molecule has 2 amide bonds. The first-order chi connectivity index (χ1) is 17.0. The molecule has 35 heavy (non-hydrogen) atoms. The second-order valence-corrected chi connectivity index (χ2v) is 10.0. The number of nitrogens with two attached hydrogens (primary N) is 1. The molecule has 1 aliphatic carbocycles. The fraction of sp³-hybridized carbons (Fsp3) is 0.464. The standard InChI is InChI=1S/C28H34N4O3/c1-19-2-5-22(6-3-19)28(34)30-26-17-23-7-4-20(18-31-12-14-35-15-13-31)16-25(23)32(26)24-10-8-21(9-11-24)27(29)33/h2-7,16,21,24H,8-15,17-18H2,1H3,(H2,29,33). The summed E-state index contributed by atoms with van der Waals surface area (Å²) in [6, 6.07) is 14.4. The molecule has 2 aromatic carbocycles. The van der Waals surface area contributed by atoms with E-state index >= 15 is 0 Å². The third-order valence-corrected chi connectivity index (χ3v) is 7.54. The van der Waals surface area contributed by atoms with E-state index in [1.54, 1.807) is 0 Å². The quantitative estimate of drug-likeness (QED) is 0.717. The largest absolute Gasteiger partial charge is 0.379 e. The van der Waals surface area contributed by atoms with E-state index in [9.17, 15) is 9.59 Å². The van der Waals surface area contributed by atoms with Gasteiger partial charge in [0.15, 0.2) is 0 Å². The predicted octanol–water partition coefficient (Wildman–Crippen LogP) is 3.47. The minimum Gasteiger partial charge on any atom is -0.379 e. The number of aryl methyl sites for hydroxylation is 1. The smallest absolute Gasteiger partial charge is 0.278 e. The van der Waals surface area contributed by atoms with Crippen LogP contribution in [-0.4, -0.2) is 54.9 Å². The maximum atomic E-state index is 13.1. The van der Waals surface area contributed by atoms with Gasteiger partial charge < -0.3 is 15.4 Å². The van der Waals surface area contributed by atoms with Gasteiger partial charge in [-0.15, -0.1) is 0 Å². The van der Waals surface area contributed by atoms with Gasteiger partial charge in [0.2, 0.25) is 5.91 Å². The number of carbonyl (C=O) groups is 2. The van der Waals surface area contributed by atoms with Crippen molar-refractivity contribution in [3.05, 3.63) is 64.7 Å². The SMILES string of the molecule is Cc1ccc(C(=O)N=C2Cc3ccc(CN4CCOCC4)cc3N2C2CCC(C(N)=O)CC2)cc1. The average Bonchev–Trinajstić information content (AvgIpc) is 3.22. The van der Waals surface area contributed by atoms with Crippen molar-refractivity contribution in [3.8, 4) is 0 Å². The van der Waals surface area contributed by atoms with Gasteiger partial charge in [0.1, 0.15) is 5.84 Å². The third-order valence-electron chi connectivity index (χ3n) is 7.54. The molecule has 0 atom stereocenters. The lowest BCUT2D eigenvalue weighted by Crippen LogP contribution is -2.42. The number of ether oxygens (including phenoxy) is 1. The maximum Gasteiger partial charge on any atom is 0.278 e. The predicted molar refractivity (Wildman–Crippen MR) is 137 cm³/mol. The normalized spacial score (nSPS) is 23.9. The molecule has 0 bridgehead atoms. The number of hydrogen-bond acceptors (Lipinski definition) is 4. The van der Waals surface area contributed by atoms with Crippen LogP contribution < -0.4 is 10.6 Å². The van der Waals surface area contributed by atoms with Crippen LogP contribution in [0.15, 0.2) is 47.5 Å². The summed E-state index contributed by atoms with van der Waals surface area (Å²) in [5.74, 6) is 0.325.